The molecule has 0 radical (unpaired) electrons. The van der Waals surface area contributed by atoms with Gasteiger partial charge < -0.3 is 14.0 Å². The first kappa shape index (κ1) is 19.6. The van der Waals surface area contributed by atoms with Crippen LogP contribution in [0.25, 0.3) is 10.2 Å². The van der Waals surface area contributed by atoms with Gasteiger partial charge in [-0.1, -0.05) is 47.2 Å². The fraction of sp³-hybridized carbons (Fsp3) is 0.300. The number of aromatic nitrogens is 1. The van der Waals surface area contributed by atoms with Crippen molar-refractivity contribution in [3.05, 3.63) is 58.4 Å². The molecule has 7 heteroatoms. The second-order valence-electron chi connectivity index (χ2n) is 5.74. The van der Waals surface area contributed by atoms with Crippen LogP contribution in [-0.2, 0) is 16.1 Å². The quantitative estimate of drug-likeness (QED) is 0.526. The summed E-state index contributed by atoms with van der Waals surface area (Å²) in [6, 6.07) is 15.1. The Hall–Kier alpha value is -2.15. The molecule has 0 fully saturated rings. The minimum absolute atomic E-state index is 0.211. The lowest BCUT2D eigenvalue weighted by molar-refractivity contribution is -0.118. The summed E-state index contributed by atoms with van der Waals surface area (Å²) in [6.45, 7) is 4.00. The molecule has 1 aromatic heterocycles. The highest BCUT2D eigenvalue weighted by Gasteiger charge is 2.11. The van der Waals surface area contributed by atoms with Crippen LogP contribution in [0.1, 0.15) is 13.3 Å². The summed E-state index contributed by atoms with van der Waals surface area (Å²) < 4.78 is 14.0. The number of benzene rings is 2. The SMILES string of the molecule is CCOCCn1c(=NC(=O)CCOc2ccccc2)sc2cccc(Cl)c21. The van der Waals surface area contributed by atoms with E-state index in [1.165, 1.54) is 11.3 Å². The summed E-state index contributed by atoms with van der Waals surface area (Å²) in [5.41, 5.74) is 0.885. The first-order valence-electron chi connectivity index (χ1n) is 8.80. The molecule has 27 heavy (non-hydrogen) atoms. The number of carbonyl (C=O) groups is 1. The van der Waals surface area contributed by atoms with E-state index in [1.54, 1.807) is 0 Å². The lowest BCUT2D eigenvalue weighted by atomic mass is 10.3. The molecule has 5 nitrogen and oxygen atoms in total. The summed E-state index contributed by atoms with van der Waals surface area (Å²) >= 11 is 7.82. The van der Waals surface area contributed by atoms with E-state index >= 15 is 0 Å². The zero-order valence-corrected chi connectivity index (χ0v) is 16.6. The minimum atomic E-state index is -0.223. The molecule has 3 rings (SSSR count). The second kappa shape index (κ2) is 9.69. The molecule has 142 valence electrons. The van der Waals surface area contributed by atoms with Crippen LogP contribution in [0, 0.1) is 0 Å². The number of carbonyl (C=O) groups excluding carboxylic acids is 1. The molecule has 0 aliphatic heterocycles. The molecule has 0 N–H and O–H groups in total. The molecule has 0 saturated heterocycles. The molecule has 0 aliphatic carbocycles. The summed E-state index contributed by atoms with van der Waals surface area (Å²) in [4.78, 5) is 17.3. The summed E-state index contributed by atoms with van der Waals surface area (Å²) in [6.07, 6.45) is 0.211. The maximum absolute atomic E-state index is 12.3. The normalized spacial score (nSPS) is 11.9. The molecule has 0 atom stereocenters. The van der Waals surface area contributed by atoms with Crippen molar-refractivity contribution in [3.63, 3.8) is 0 Å². The Morgan fingerprint density at radius 2 is 1.96 bits per heavy atom. The summed E-state index contributed by atoms with van der Waals surface area (Å²) in [5.74, 6) is 0.518. The number of thiazole rings is 1. The van der Waals surface area contributed by atoms with Gasteiger partial charge in [0.05, 0.1) is 34.9 Å². The zero-order chi connectivity index (χ0) is 19.1. The maximum Gasteiger partial charge on any atom is 0.251 e. The Morgan fingerprint density at radius 3 is 2.74 bits per heavy atom. The highest BCUT2D eigenvalue weighted by molar-refractivity contribution is 7.16. The largest absolute Gasteiger partial charge is 0.493 e. The predicted octanol–water partition coefficient (Wildman–Crippen LogP) is 4.29. The fourth-order valence-corrected chi connectivity index (χ4v) is 4.05. The summed E-state index contributed by atoms with van der Waals surface area (Å²) in [7, 11) is 0. The van der Waals surface area contributed by atoms with Crippen molar-refractivity contribution in [2.24, 2.45) is 4.99 Å². The number of hydrogen-bond donors (Lipinski definition) is 0. The van der Waals surface area contributed by atoms with E-state index in [-0.39, 0.29) is 18.9 Å². The Labute approximate surface area is 166 Å². The van der Waals surface area contributed by atoms with Crippen molar-refractivity contribution >= 4 is 39.1 Å². The fourth-order valence-electron chi connectivity index (χ4n) is 2.62. The molecule has 0 spiro atoms. The average molecular weight is 405 g/mol. The molecule has 0 unspecified atom stereocenters. The highest BCUT2D eigenvalue weighted by atomic mass is 35.5. The van der Waals surface area contributed by atoms with E-state index in [0.717, 1.165) is 16.0 Å². The molecule has 0 saturated carbocycles. The van der Waals surface area contributed by atoms with Crippen molar-refractivity contribution in [3.8, 4) is 5.75 Å². The van der Waals surface area contributed by atoms with E-state index in [1.807, 2.05) is 60.0 Å². The van der Waals surface area contributed by atoms with Gasteiger partial charge >= 0.3 is 0 Å². The number of fused-ring (bicyclic) bond motifs is 1. The van der Waals surface area contributed by atoms with Crippen LogP contribution >= 0.6 is 22.9 Å². The van der Waals surface area contributed by atoms with E-state index in [2.05, 4.69) is 4.99 Å². The minimum Gasteiger partial charge on any atom is -0.493 e. The van der Waals surface area contributed by atoms with Crippen LogP contribution in [-0.4, -0.2) is 30.3 Å². The highest BCUT2D eigenvalue weighted by Crippen LogP contribution is 2.25. The van der Waals surface area contributed by atoms with Gasteiger partial charge in [-0.25, -0.2) is 0 Å². The lowest BCUT2D eigenvalue weighted by Crippen LogP contribution is -2.20. The average Bonchev–Trinajstić information content (AvgIpc) is 3.01. The first-order valence-corrected chi connectivity index (χ1v) is 9.99. The molecule has 2 aromatic carbocycles. The Morgan fingerprint density at radius 1 is 1.15 bits per heavy atom. The third-order valence-electron chi connectivity index (χ3n) is 3.86. The second-order valence-corrected chi connectivity index (χ2v) is 7.15. The molecular formula is C20H21ClN2O3S. The Kier molecular flexibility index (Phi) is 7.04. The molecule has 0 bridgehead atoms. The molecule has 3 aromatic rings. The van der Waals surface area contributed by atoms with Crippen molar-refractivity contribution < 1.29 is 14.3 Å². The number of ether oxygens (including phenoxy) is 2. The number of amides is 1. The van der Waals surface area contributed by atoms with E-state index in [4.69, 9.17) is 21.1 Å². The molecular weight excluding hydrogens is 384 g/mol. The van der Waals surface area contributed by atoms with Gasteiger partial charge in [-0.3, -0.25) is 4.79 Å². The van der Waals surface area contributed by atoms with Gasteiger partial charge in [0.25, 0.3) is 5.91 Å². The van der Waals surface area contributed by atoms with Gasteiger partial charge in [0, 0.05) is 13.2 Å². The monoisotopic (exact) mass is 404 g/mol. The van der Waals surface area contributed by atoms with Crippen molar-refractivity contribution in [1.29, 1.82) is 0 Å². The van der Waals surface area contributed by atoms with Gasteiger partial charge in [0.15, 0.2) is 4.80 Å². The number of halogens is 1. The zero-order valence-electron chi connectivity index (χ0n) is 15.1. The van der Waals surface area contributed by atoms with Crippen molar-refractivity contribution in [2.45, 2.75) is 19.9 Å². The van der Waals surface area contributed by atoms with Crippen molar-refractivity contribution in [1.82, 2.24) is 4.57 Å². The standard InChI is InChI=1S/C20H21ClN2O3S/c1-2-25-14-12-23-19-16(21)9-6-10-17(19)27-20(23)22-18(24)11-13-26-15-7-4-3-5-8-15/h3-10H,2,11-14H2,1H3. The smallest absolute Gasteiger partial charge is 0.251 e. The third kappa shape index (κ3) is 5.19. The van der Waals surface area contributed by atoms with E-state index in [0.29, 0.717) is 29.6 Å². The van der Waals surface area contributed by atoms with Gasteiger partial charge in [0.2, 0.25) is 0 Å². The number of nitrogens with zero attached hydrogens (tertiary/aromatic N) is 2. The molecule has 0 aliphatic rings. The van der Waals surface area contributed by atoms with Crippen LogP contribution in [0.5, 0.6) is 5.75 Å². The summed E-state index contributed by atoms with van der Waals surface area (Å²) in [5, 5.41) is 0.640. The predicted molar refractivity (Wildman–Crippen MR) is 108 cm³/mol. The van der Waals surface area contributed by atoms with Gasteiger partial charge in [-0.15, -0.1) is 0 Å². The third-order valence-corrected chi connectivity index (χ3v) is 5.21. The van der Waals surface area contributed by atoms with Crippen molar-refractivity contribution in [2.75, 3.05) is 19.8 Å². The van der Waals surface area contributed by atoms with Crippen LogP contribution < -0.4 is 9.54 Å². The Bertz CT molecular complexity index is 966. The first-order chi connectivity index (χ1) is 13.2. The number of para-hydroxylation sites is 2. The maximum atomic E-state index is 12.3. The van der Waals surface area contributed by atoms with E-state index in [9.17, 15) is 4.79 Å². The number of hydrogen-bond acceptors (Lipinski definition) is 4. The van der Waals surface area contributed by atoms with E-state index < -0.39 is 0 Å². The Balaban J connectivity index is 1.78. The van der Waals surface area contributed by atoms with Gasteiger partial charge in [-0.2, -0.15) is 4.99 Å². The molecule has 1 heterocycles. The van der Waals surface area contributed by atoms with Gasteiger partial charge in [-0.05, 0) is 31.2 Å². The van der Waals surface area contributed by atoms with Gasteiger partial charge in [0.1, 0.15) is 5.75 Å². The van der Waals surface area contributed by atoms with Crippen LogP contribution in [0.3, 0.4) is 0 Å². The topological polar surface area (TPSA) is 52.8 Å². The lowest BCUT2D eigenvalue weighted by Gasteiger charge is -2.06. The van der Waals surface area contributed by atoms with Crippen LogP contribution in [0.15, 0.2) is 53.5 Å². The number of rotatable bonds is 8. The molecule has 1 amide bonds. The van der Waals surface area contributed by atoms with Crippen LogP contribution in [0.4, 0.5) is 0 Å². The van der Waals surface area contributed by atoms with Crippen LogP contribution in [0.2, 0.25) is 5.02 Å².